The van der Waals surface area contributed by atoms with E-state index in [1.807, 2.05) is 0 Å². The molecule has 1 heterocycles. The second-order valence-corrected chi connectivity index (χ2v) is 5.57. The Kier molecular flexibility index (Phi) is 3.85. The number of benzene rings is 1. The topological polar surface area (TPSA) is 186 Å². The summed E-state index contributed by atoms with van der Waals surface area (Å²) in [5.74, 6) is -0.183. The highest BCUT2D eigenvalue weighted by Gasteiger charge is 2.16. The molecule has 0 saturated carbocycles. The third-order valence-corrected chi connectivity index (χ3v) is 3.34. The zero-order valence-corrected chi connectivity index (χ0v) is 11.5. The van der Waals surface area contributed by atoms with Crippen LogP contribution in [0, 0.1) is 0 Å². The van der Waals surface area contributed by atoms with Crippen LogP contribution in [0.15, 0.2) is 34.5 Å². The number of rotatable bonds is 3. The van der Waals surface area contributed by atoms with Crippen LogP contribution in [-0.4, -0.2) is 19.8 Å². The molecule has 110 valence electrons. The summed E-state index contributed by atoms with van der Waals surface area (Å²) in [4.78, 5) is 25.5. The zero-order valence-electron chi connectivity index (χ0n) is 10.6. The van der Waals surface area contributed by atoms with Crippen LogP contribution in [0.2, 0.25) is 0 Å². The molecule has 0 unspecified atom stereocenters. The molecule has 0 aliphatic heterocycles. The molecule has 0 spiro atoms. The highest BCUT2D eigenvalue weighted by Crippen LogP contribution is 2.34. The first-order chi connectivity index (χ1) is 9.77. The van der Waals surface area contributed by atoms with Crippen molar-refractivity contribution in [3.05, 3.63) is 24.3 Å². The second kappa shape index (κ2) is 5.44. The number of nitrogens with zero attached hydrogens (tertiary/aromatic N) is 4. The van der Waals surface area contributed by atoms with Gasteiger partial charge in [0.1, 0.15) is 0 Å². The minimum Gasteiger partial charge on any atom is -0.382 e. The van der Waals surface area contributed by atoms with Crippen molar-refractivity contribution < 1.29 is 14.4 Å². The van der Waals surface area contributed by atoms with Gasteiger partial charge in [0, 0.05) is 0 Å². The van der Waals surface area contributed by atoms with Crippen LogP contribution in [0.5, 0.6) is 0 Å². The molecule has 11 heteroatoms. The first-order valence-corrected chi connectivity index (χ1v) is 7.15. The Bertz CT molecular complexity index is 735. The molecule has 10 nitrogen and oxygen atoms in total. The number of hydrogen-bond donors (Lipinski definition) is 5. The molecule has 2 aromatic rings. The lowest BCUT2D eigenvalue weighted by Crippen LogP contribution is -2.03. The van der Waals surface area contributed by atoms with Crippen molar-refractivity contribution >= 4 is 41.9 Å². The average Bonchev–Trinajstić information content (AvgIpc) is 2.36. The van der Waals surface area contributed by atoms with Crippen molar-refractivity contribution in [1.82, 2.24) is 9.97 Å². The predicted molar refractivity (Wildman–Crippen MR) is 77.6 cm³/mol. The Balaban J connectivity index is 2.37. The van der Waals surface area contributed by atoms with Crippen molar-refractivity contribution in [1.29, 1.82) is 0 Å². The Morgan fingerprint density at radius 2 is 1.67 bits per heavy atom. The van der Waals surface area contributed by atoms with Crippen molar-refractivity contribution in [2.24, 2.45) is 10.2 Å². The first-order valence-electron chi connectivity index (χ1n) is 5.54. The Labute approximate surface area is 118 Å². The van der Waals surface area contributed by atoms with Crippen LogP contribution in [0.3, 0.4) is 0 Å². The Morgan fingerprint density at radius 3 is 2.24 bits per heavy atom. The maximum Gasteiger partial charge on any atom is 0.356 e. The van der Waals surface area contributed by atoms with Gasteiger partial charge >= 0.3 is 7.60 Å². The summed E-state index contributed by atoms with van der Waals surface area (Å²) in [6, 6.07) is 5.44. The molecule has 8 N–H and O–H groups in total. The monoisotopic (exact) mass is 309 g/mol. The van der Waals surface area contributed by atoms with Gasteiger partial charge in [0.15, 0.2) is 17.3 Å². The molecule has 0 fully saturated rings. The lowest BCUT2D eigenvalue weighted by atomic mass is 10.3. The van der Waals surface area contributed by atoms with E-state index in [1.165, 1.54) is 24.3 Å². The van der Waals surface area contributed by atoms with E-state index in [4.69, 9.17) is 27.0 Å². The summed E-state index contributed by atoms with van der Waals surface area (Å²) in [6.07, 6.45) is 0. The molecule has 0 saturated heterocycles. The molecule has 0 aliphatic carbocycles. The van der Waals surface area contributed by atoms with Gasteiger partial charge in [-0.2, -0.15) is 15.1 Å². The summed E-state index contributed by atoms with van der Waals surface area (Å²) < 4.78 is 11.2. The Hall–Kier alpha value is -2.55. The average molecular weight is 309 g/mol. The van der Waals surface area contributed by atoms with Gasteiger partial charge < -0.3 is 27.0 Å². The van der Waals surface area contributed by atoms with Crippen LogP contribution in [-0.2, 0) is 4.57 Å². The van der Waals surface area contributed by atoms with E-state index in [0.29, 0.717) is 0 Å². The lowest BCUT2D eigenvalue weighted by molar-refractivity contribution is 0.387. The van der Waals surface area contributed by atoms with Crippen LogP contribution in [0.4, 0.5) is 29.0 Å². The first kappa shape index (κ1) is 14.9. The van der Waals surface area contributed by atoms with Crippen molar-refractivity contribution in [3.63, 3.8) is 0 Å². The highest BCUT2D eigenvalue weighted by atomic mass is 31.2. The van der Waals surface area contributed by atoms with Crippen LogP contribution >= 0.6 is 7.60 Å². The van der Waals surface area contributed by atoms with Gasteiger partial charge in [0.05, 0.1) is 11.0 Å². The molecule has 2 rings (SSSR count). The molecule has 0 aliphatic rings. The SMILES string of the molecule is Nc1nc(N)c(N=Nc2cccc(P(=O)(O)O)c2)c(N)n1. The molecule has 0 radical (unpaired) electrons. The summed E-state index contributed by atoms with van der Waals surface area (Å²) in [5.41, 5.74) is 16.8. The quantitative estimate of drug-likeness (QED) is 0.399. The van der Waals surface area contributed by atoms with E-state index in [2.05, 4.69) is 20.2 Å². The molecule has 1 aromatic heterocycles. The minimum absolute atomic E-state index is 0.0331. The van der Waals surface area contributed by atoms with Crippen LogP contribution in [0.25, 0.3) is 0 Å². The van der Waals surface area contributed by atoms with Gasteiger partial charge in [0.2, 0.25) is 5.95 Å². The van der Waals surface area contributed by atoms with Gasteiger partial charge in [-0.1, -0.05) is 6.07 Å². The van der Waals surface area contributed by atoms with E-state index in [1.54, 1.807) is 0 Å². The fourth-order valence-electron chi connectivity index (χ4n) is 1.46. The molecule has 0 bridgehead atoms. The molecule has 1 aromatic carbocycles. The molecular weight excluding hydrogens is 297 g/mol. The standard InChI is InChI=1S/C10H12N7O3P/c11-8-7(9(12)15-10(13)14-8)17-16-5-2-1-3-6(4-5)21(18,19)20/h1-4H,(H2,18,19,20)(H6,11,12,13,14,15). The number of anilines is 3. The zero-order chi connectivity index (χ0) is 15.6. The second-order valence-electron chi connectivity index (χ2n) is 3.96. The molecule has 21 heavy (non-hydrogen) atoms. The van der Waals surface area contributed by atoms with Gasteiger partial charge in [0.25, 0.3) is 0 Å². The van der Waals surface area contributed by atoms with E-state index in [0.717, 1.165) is 0 Å². The molecular formula is C10H12N7O3P. The maximum absolute atomic E-state index is 11.2. The summed E-state index contributed by atoms with van der Waals surface area (Å²) in [6.45, 7) is 0. The van der Waals surface area contributed by atoms with Crippen molar-refractivity contribution in [2.75, 3.05) is 17.2 Å². The number of aromatic nitrogens is 2. The van der Waals surface area contributed by atoms with E-state index >= 15 is 0 Å². The summed E-state index contributed by atoms with van der Waals surface area (Å²) in [5, 5.41) is 7.41. The van der Waals surface area contributed by atoms with Gasteiger partial charge in [-0.25, -0.2) is 0 Å². The van der Waals surface area contributed by atoms with Gasteiger partial charge in [-0.05, 0) is 18.2 Å². The maximum atomic E-state index is 11.2. The number of hydrogen-bond acceptors (Lipinski definition) is 8. The lowest BCUT2D eigenvalue weighted by Gasteiger charge is -2.04. The number of nitrogens with two attached hydrogens (primary N) is 3. The van der Waals surface area contributed by atoms with Crippen molar-refractivity contribution in [2.45, 2.75) is 0 Å². The van der Waals surface area contributed by atoms with Gasteiger partial charge in [-0.15, -0.1) is 5.11 Å². The van der Waals surface area contributed by atoms with Crippen LogP contribution in [0.1, 0.15) is 0 Å². The summed E-state index contributed by atoms with van der Waals surface area (Å²) >= 11 is 0. The summed E-state index contributed by atoms with van der Waals surface area (Å²) in [7, 11) is -4.36. The normalized spacial score (nSPS) is 11.9. The predicted octanol–water partition coefficient (Wildman–Crippen LogP) is 0.442. The minimum atomic E-state index is -4.36. The van der Waals surface area contributed by atoms with E-state index in [9.17, 15) is 4.57 Å². The molecule has 0 amide bonds. The van der Waals surface area contributed by atoms with Gasteiger partial charge in [-0.3, -0.25) is 4.57 Å². The van der Waals surface area contributed by atoms with Crippen molar-refractivity contribution in [3.8, 4) is 0 Å². The fourth-order valence-corrected chi connectivity index (χ4v) is 2.04. The number of nitrogen functional groups attached to an aromatic ring is 3. The Morgan fingerprint density at radius 1 is 1.05 bits per heavy atom. The fraction of sp³-hybridized carbons (Fsp3) is 0. The smallest absolute Gasteiger partial charge is 0.356 e. The van der Waals surface area contributed by atoms with E-state index in [-0.39, 0.29) is 34.3 Å². The largest absolute Gasteiger partial charge is 0.382 e. The van der Waals surface area contributed by atoms with E-state index < -0.39 is 7.60 Å². The number of azo groups is 1. The molecule has 0 atom stereocenters. The highest BCUT2D eigenvalue weighted by molar-refractivity contribution is 7.60. The third-order valence-electron chi connectivity index (χ3n) is 2.39. The third kappa shape index (κ3) is 3.51. The van der Waals surface area contributed by atoms with Crippen LogP contribution < -0.4 is 22.5 Å².